The van der Waals surface area contributed by atoms with Crippen LogP contribution in [-0.2, 0) is 5.41 Å². The van der Waals surface area contributed by atoms with Crippen molar-refractivity contribution >= 4 is 54.4 Å². The Morgan fingerprint density at radius 1 is 0.357 bits per heavy atom. The summed E-state index contributed by atoms with van der Waals surface area (Å²) >= 11 is 0. The Kier molecular flexibility index (Phi) is 5.86. The third-order valence-corrected chi connectivity index (χ3v) is 12.7. The van der Waals surface area contributed by atoms with E-state index in [4.69, 9.17) is 9.40 Å². The number of furan rings is 1. The predicted octanol–water partition coefficient (Wildman–Crippen LogP) is 14.1. The van der Waals surface area contributed by atoms with Gasteiger partial charge in [0.25, 0.3) is 0 Å². The highest BCUT2D eigenvalue weighted by Crippen LogP contribution is 2.64. The average molecular weight is 710 g/mol. The van der Waals surface area contributed by atoms with E-state index in [9.17, 15) is 0 Å². The summed E-state index contributed by atoms with van der Waals surface area (Å²) in [6.45, 7) is 0. The average Bonchev–Trinajstić information content (AvgIpc) is 3.91. The molecule has 56 heavy (non-hydrogen) atoms. The second kappa shape index (κ2) is 10.9. The fourth-order valence-corrected chi connectivity index (χ4v) is 10.5. The molecule has 0 saturated carbocycles. The first-order valence-corrected chi connectivity index (χ1v) is 19.4. The van der Waals surface area contributed by atoms with Gasteiger partial charge in [0, 0.05) is 16.3 Å². The summed E-state index contributed by atoms with van der Waals surface area (Å²) in [4.78, 5) is 5.76. The zero-order valence-electron chi connectivity index (χ0n) is 30.3. The van der Waals surface area contributed by atoms with Crippen LogP contribution in [0.5, 0.6) is 0 Å². The molecule has 0 radical (unpaired) electrons. The Morgan fingerprint density at radius 2 is 0.893 bits per heavy atom. The van der Waals surface area contributed by atoms with Gasteiger partial charge in [0.15, 0.2) is 0 Å². The molecule has 0 bridgehead atoms. The molecule has 258 valence electrons. The van der Waals surface area contributed by atoms with Crippen LogP contribution in [0.15, 0.2) is 192 Å². The van der Waals surface area contributed by atoms with Crippen LogP contribution in [0.2, 0.25) is 0 Å². The largest absolute Gasteiger partial charge is 0.456 e. The number of nitrogens with zero attached hydrogens (tertiary/aromatic N) is 1. The quantitative estimate of drug-likeness (QED) is 0.179. The van der Waals surface area contributed by atoms with Crippen molar-refractivity contribution in [3.8, 4) is 44.6 Å². The van der Waals surface area contributed by atoms with Gasteiger partial charge in [-0.3, -0.25) is 0 Å². The number of hydrogen-bond acceptors (Lipinski definition) is 2. The highest BCUT2D eigenvalue weighted by Gasteiger charge is 2.52. The van der Waals surface area contributed by atoms with Gasteiger partial charge < -0.3 is 4.42 Å². The Bertz CT molecular complexity index is 3440. The minimum atomic E-state index is -0.433. The molecule has 13 rings (SSSR count). The van der Waals surface area contributed by atoms with Crippen molar-refractivity contribution < 1.29 is 4.42 Å². The fourth-order valence-electron chi connectivity index (χ4n) is 10.5. The van der Waals surface area contributed by atoms with Crippen molar-refractivity contribution in [2.75, 3.05) is 0 Å². The third-order valence-electron chi connectivity index (χ3n) is 12.7. The Balaban J connectivity index is 1.19. The normalized spacial score (nSPS) is 13.5. The molecule has 0 fully saturated rings. The first kappa shape index (κ1) is 30.1. The van der Waals surface area contributed by atoms with E-state index in [2.05, 4.69) is 188 Å². The molecule has 2 nitrogen and oxygen atoms in total. The van der Waals surface area contributed by atoms with E-state index in [-0.39, 0.29) is 0 Å². The van der Waals surface area contributed by atoms with Crippen molar-refractivity contribution in [2.24, 2.45) is 0 Å². The smallest absolute Gasteiger partial charge is 0.137 e. The standard InChI is InChI=1S/C54H31NO/c1-3-16-34-32(13-1)15-11-21-36(34)42-31-47(55-53-39(42)28-30-49-52(53)51-35-17-4-2-14-33(35)27-29-48(51)56-49)41-22-12-26-46-50(41)40-20-7-10-25-45(40)54(46)43-23-8-5-18-37(43)38-19-6-9-24-44(38)54/h1-31H. The molecule has 0 amide bonds. The summed E-state index contributed by atoms with van der Waals surface area (Å²) in [5, 5.41) is 8.07. The van der Waals surface area contributed by atoms with Gasteiger partial charge >= 0.3 is 0 Å². The summed E-state index contributed by atoms with van der Waals surface area (Å²) in [7, 11) is 0. The number of pyridine rings is 1. The lowest BCUT2D eigenvalue weighted by Crippen LogP contribution is -2.25. The van der Waals surface area contributed by atoms with Crippen molar-refractivity contribution in [3.05, 3.63) is 210 Å². The first-order chi connectivity index (χ1) is 27.8. The van der Waals surface area contributed by atoms with Gasteiger partial charge in [-0.25, -0.2) is 4.98 Å². The van der Waals surface area contributed by atoms with E-state index >= 15 is 0 Å². The summed E-state index contributed by atoms with van der Waals surface area (Å²) in [5.74, 6) is 0. The second-order valence-corrected chi connectivity index (χ2v) is 15.3. The molecular weight excluding hydrogens is 679 g/mol. The number of fused-ring (bicyclic) bond motifs is 18. The summed E-state index contributed by atoms with van der Waals surface area (Å²) in [6.07, 6.45) is 0. The lowest BCUT2D eigenvalue weighted by atomic mass is 9.70. The van der Waals surface area contributed by atoms with Gasteiger partial charge in [-0.15, -0.1) is 0 Å². The maximum Gasteiger partial charge on any atom is 0.137 e. The fraction of sp³-hybridized carbons (Fsp3) is 0.0185. The summed E-state index contributed by atoms with van der Waals surface area (Å²) < 4.78 is 6.64. The van der Waals surface area contributed by atoms with E-state index in [1.54, 1.807) is 0 Å². The molecule has 11 aromatic rings. The summed E-state index contributed by atoms with van der Waals surface area (Å²) in [5.41, 5.74) is 17.1. The van der Waals surface area contributed by atoms with Crippen LogP contribution in [-0.4, -0.2) is 4.98 Å². The van der Waals surface area contributed by atoms with Crippen molar-refractivity contribution in [1.29, 1.82) is 0 Å². The third kappa shape index (κ3) is 3.73. The van der Waals surface area contributed by atoms with E-state index < -0.39 is 5.41 Å². The van der Waals surface area contributed by atoms with Gasteiger partial charge in [0.05, 0.1) is 22.0 Å². The lowest BCUT2D eigenvalue weighted by Gasteiger charge is -2.30. The van der Waals surface area contributed by atoms with Crippen molar-refractivity contribution in [3.63, 3.8) is 0 Å². The highest BCUT2D eigenvalue weighted by atomic mass is 16.3. The molecule has 2 aliphatic carbocycles. The maximum atomic E-state index is 6.64. The second-order valence-electron chi connectivity index (χ2n) is 15.3. The Labute approximate surface area is 322 Å². The molecule has 9 aromatic carbocycles. The number of rotatable bonds is 2. The van der Waals surface area contributed by atoms with Crippen LogP contribution < -0.4 is 0 Å². The first-order valence-electron chi connectivity index (χ1n) is 19.4. The Morgan fingerprint density at radius 3 is 1.68 bits per heavy atom. The van der Waals surface area contributed by atoms with Crippen LogP contribution >= 0.6 is 0 Å². The summed E-state index contributed by atoms with van der Waals surface area (Å²) in [6, 6.07) is 68.8. The molecule has 2 heterocycles. The van der Waals surface area contributed by atoms with E-state index in [0.717, 1.165) is 49.7 Å². The Hall–Kier alpha value is -7.29. The number of benzene rings is 9. The maximum absolute atomic E-state index is 6.64. The molecule has 2 heteroatoms. The van der Waals surface area contributed by atoms with Crippen LogP contribution in [0.25, 0.3) is 99.0 Å². The van der Waals surface area contributed by atoms with Crippen LogP contribution in [0.1, 0.15) is 22.3 Å². The zero-order chi connectivity index (χ0) is 36.5. The molecule has 0 atom stereocenters. The highest BCUT2D eigenvalue weighted by molar-refractivity contribution is 6.27. The minimum Gasteiger partial charge on any atom is -0.456 e. The molecule has 0 saturated heterocycles. The molecule has 1 spiro atoms. The van der Waals surface area contributed by atoms with Crippen LogP contribution in [0.4, 0.5) is 0 Å². The van der Waals surface area contributed by atoms with Crippen molar-refractivity contribution in [2.45, 2.75) is 5.41 Å². The molecule has 2 aliphatic rings. The van der Waals surface area contributed by atoms with E-state index in [1.807, 2.05) is 0 Å². The minimum absolute atomic E-state index is 0.433. The zero-order valence-corrected chi connectivity index (χ0v) is 30.3. The van der Waals surface area contributed by atoms with Gasteiger partial charge in [0.1, 0.15) is 11.2 Å². The molecule has 0 N–H and O–H groups in total. The monoisotopic (exact) mass is 709 g/mol. The van der Waals surface area contributed by atoms with Crippen LogP contribution in [0, 0.1) is 0 Å². The van der Waals surface area contributed by atoms with E-state index in [0.29, 0.717) is 0 Å². The molecule has 2 aromatic heterocycles. The van der Waals surface area contributed by atoms with Crippen molar-refractivity contribution in [1.82, 2.24) is 4.98 Å². The molecular formula is C54H31NO. The molecule has 0 aliphatic heterocycles. The lowest BCUT2D eigenvalue weighted by molar-refractivity contribution is 0.669. The number of hydrogen-bond donors (Lipinski definition) is 0. The van der Waals surface area contributed by atoms with Gasteiger partial charge in [0.2, 0.25) is 0 Å². The van der Waals surface area contributed by atoms with E-state index in [1.165, 1.54) is 71.6 Å². The molecule has 0 unspecified atom stereocenters. The van der Waals surface area contributed by atoms with Crippen LogP contribution in [0.3, 0.4) is 0 Å². The topological polar surface area (TPSA) is 26.0 Å². The SMILES string of the molecule is c1ccc2c(c1)-c1ccccc1C21c2ccccc2-c2c(-c3cc(-c4cccc5ccccc45)c4ccc5oc6ccc7ccccc7c6c5c4n3)cccc21. The number of aromatic nitrogens is 1. The van der Waals surface area contributed by atoms with Gasteiger partial charge in [-0.1, -0.05) is 164 Å². The predicted molar refractivity (Wildman–Crippen MR) is 231 cm³/mol. The van der Waals surface area contributed by atoms with Gasteiger partial charge in [-0.2, -0.15) is 0 Å². The van der Waals surface area contributed by atoms with Gasteiger partial charge in [-0.05, 0) is 101 Å².